The van der Waals surface area contributed by atoms with E-state index in [0.29, 0.717) is 17.9 Å². The average Bonchev–Trinajstić information content (AvgIpc) is 2.69. The van der Waals surface area contributed by atoms with Gasteiger partial charge in [0.2, 0.25) is 5.88 Å². The van der Waals surface area contributed by atoms with Gasteiger partial charge in [-0.2, -0.15) is 5.26 Å². The van der Waals surface area contributed by atoms with Crippen LogP contribution in [0.15, 0.2) is 36.5 Å². The lowest BCUT2D eigenvalue weighted by Gasteiger charge is -2.25. The summed E-state index contributed by atoms with van der Waals surface area (Å²) < 4.78 is 5.89. The van der Waals surface area contributed by atoms with E-state index in [0.717, 1.165) is 16.8 Å². The third-order valence-corrected chi connectivity index (χ3v) is 3.81. The summed E-state index contributed by atoms with van der Waals surface area (Å²) in [5.41, 5.74) is 2.62. The zero-order chi connectivity index (χ0) is 22.4. The fourth-order valence-electron chi connectivity index (χ4n) is 2.39. The second-order valence-electron chi connectivity index (χ2n) is 7.13. The summed E-state index contributed by atoms with van der Waals surface area (Å²) in [6.45, 7) is 12.0. The first-order valence-electron chi connectivity index (χ1n) is 10.3. The Morgan fingerprint density at radius 3 is 2.10 bits per heavy atom. The molecule has 5 nitrogen and oxygen atoms in total. The normalized spacial score (nSPS) is 9.93. The SMILES string of the molecule is CC.CCC.CN(C)c1ccc(-c2ccnc(OC(C)(C)CCO)c2C#N)cc1. The first-order valence-corrected chi connectivity index (χ1v) is 10.3. The van der Waals surface area contributed by atoms with Crippen molar-refractivity contribution in [1.29, 1.82) is 5.26 Å². The summed E-state index contributed by atoms with van der Waals surface area (Å²) in [6.07, 6.45) is 3.35. The van der Waals surface area contributed by atoms with Gasteiger partial charge >= 0.3 is 0 Å². The van der Waals surface area contributed by atoms with E-state index in [-0.39, 0.29) is 6.61 Å². The van der Waals surface area contributed by atoms with Crippen LogP contribution in [0, 0.1) is 11.3 Å². The Bertz CT molecular complexity index is 748. The van der Waals surface area contributed by atoms with E-state index in [1.165, 1.54) is 6.42 Å². The van der Waals surface area contributed by atoms with E-state index in [2.05, 4.69) is 24.9 Å². The largest absolute Gasteiger partial charge is 0.471 e. The van der Waals surface area contributed by atoms with Gasteiger partial charge in [-0.1, -0.05) is 46.2 Å². The number of anilines is 1. The molecule has 29 heavy (non-hydrogen) atoms. The number of hydrogen-bond donors (Lipinski definition) is 1. The van der Waals surface area contributed by atoms with Gasteiger partial charge in [0.15, 0.2) is 0 Å². The molecule has 0 bridgehead atoms. The molecule has 0 atom stereocenters. The van der Waals surface area contributed by atoms with Crippen molar-refractivity contribution in [2.24, 2.45) is 0 Å². The summed E-state index contributed by atoms with van der Waals surface area (Å²) in [7, 11) is 3.97. The maximum absolute atomic E-state index is 9.60. The molecule has 0 aliphatic rings. The van der Waals surface area contributed by atoms with Crippen LogP contribution in [-0.4, -0.2) is 36.4 Å². The smallest absolute Gasteiger partial charge is 0.232 e. The first-order chi connectivity index (χ1) is 13.8. The van der Waals surface area contributed by atoms with E-state index < -0.39 is 5.60 Å². The highest BCUT2D eigenvalue weighted by molar-refractivity contribution is 5.73. The predicted molar refractivity (Wildman–Crippen MR) is 122 cm³/mol. The summed E-state index contributed by atoms with van der Waals surface area (Å²) in [5.74, 6) is 0.296. The van der Waals surface area contributed by atoms with Crippen LogP contribution >= 0.6 is 0 Å². The maximum atomic E-state index is 9.60. The Kier molecular flexibility index (Phi) is 12.4. The summed E-state index contributed by atoms with van der Waals surface area (Å²) in [4.78, 5) is 6.24. The Hall–Kier alpha value is -2.58. The number of aliphatic hydroxyl groups excluding tert-OH is 1. The van der Waals surface area contributed by atoms with E-state index in [4.69, 9.17) is 9.84 Å². The fourth-order valence-corrected chi connectivity index (χ4v) is 2.39. The number of hydrogen-bond acceptors (Lipinski definition) is 5. The summed E-state index contributed by atoms with van der Waals surface area (Å²) >= 11 is 0. The summed E-state index contributed by atoms with van der Waals surface area (Å²) in [5, 5.41) is 18.7. The molecule has 1 aromatic carbocycles. The highest BCUT2D eigenvalue weighted by Gasteiger charge is 2.23. The Morgan fingerprint density at radius 2 is 1.66 bits per heavy atom. The van der Waals surface area contributed by atoms with Gasteiger partial charge in [0.05, 0.1) is 0 Å². The van der Waals surface area contributed by atoms with Crippen molar-refractivity contribution in [1.82, 2.24) is 4.98 Å². The molecule has 0 fully saturated rings. The molecule has 0 amide bonds. The predicted octanol–water partition coefficient (Wildman–Crippen LogP) is 5.67. The molecule has 0 aliphatic carbocycles. The topological polar surface area (TPSA) is 69.4 Å². The average molecular weight is 400 g/mol. The molecule has 1 heterocycles. The molecular weight excluding hydrogens is 362 g/mol. The highest BCUT2D eigenvalue weighted by Crippen LogP contribution is 2.31. The van der Waals surface area contributed by atoms with Crippen molar-refractivity contribution in [2.75, 3.05) is 25.6 Å². The quantitative estimate of drug-likeness (QED) is 0.678. The minimum atomic E-state index is -0.596. The molecule has 2 aromatic rings. The summed E-state index contributed by atoms with van der Waals surface area (Å²) in [6, 6.07) is 12.0. The minimum absolute atomic E-state index is 0.0145. The number of rotatable bonds is 6. The van der Waals surface area contributed by atoms with Crippen molar-refractivity contribution in [2.45, 2.75) is 60.0 Å². The van der Waals surface area contributed by atoms with Crippen molar-refractivity contribution in [3.05, 3.63) is 42.1 Å². The standard InChI is InChI=1S/C19H23N3O2.C3H8.C2H6/c1-19(2,10-12-23)24-18-17(13-20)16(9-11-21-18)14-5-7-15(8-6-14)22(3)4;1-3-2;1-2/h5-9,11,23H,10,12H2,1-4H3;3H2,1-2H3;1-2H3. The highest BCUT2D eigenvalue weighted by atomic mass is 16.5. The van der Waals surface area contributed by atoms with Crippen molar-refractivity contribution in [3.8, 4) is 23.1 Å². The van der Waals surface area contributed by atoms with Crippen LogP contribution in [0.5, 0.6) is 5.88 Å². The minimum Gasteiger partial charge on any atom is -0.471 e. The maximum Gasteiger partial charge on any atom is 0.232 e. The van der Waals surface area contributed by atoms with Gasteiger partial charge in [-0.15, -0.1) is 0 Å². The van der Waals surface area contributed by atoms with Gasteiger partial charge in [0.25, 0.3) is 0 Å². The number of aliphatic hydroxyl groups is 1. The number of nitriles is 1. The van der Waals surface area contributed by atoms with Crippen LogP contribution in [0.4, 0.5) is 5.69 Å². The molecule has 160 valence electrons. The molecule has 1 N–H and O–H groups in total. The Morgan fingerprint density at radius 1 is 1.10 bits per heavy atom. The van der Waals surface area contributed by atoms with Crippen LogP contribution < -0.4 is 9.64 Å². The van der Waals surface area contributed by atoms with Gasteiger partial charge in [-0.05, 0) is 37.6 Å². The zero-order valence-electron chi connectivity index (χ0n) is 19.3. The second-order valence-corrected chi connectivity index (χ2v) is 7.13. The van der Waals surface area contributed by atoms with Crippen LogP contribution in [0.25, 0.3) is 11.1 Å². The van der Waals surface area contributed by atoms with Gasteiger partial charge < -0.3 is 14.7 Å². The molecule has 2 rings (SSSR count). The molecule has 1 aromatic heterocycles. The number of ether oxygens (including phenoxy) is 1. The molecular formula is C24H37N3O2. The number of aromatic nitrogens is 1. The Labute approximate surface area is 177 Å². The second kappa shape index (κ2) is 13.6. The van der Waals surface area contributed by atoms with Crippen LogP contribution in [0.2, 0.25) is 0 Å². The monoisotopic (exact) mass is 399 g/mol. The van der Waals surface area contributed by atoms with Crippen LogP contribution in [0.3, 0.4) is 0 Å². The third kappa shape index (κ3) is 8.53. The van der Waals surface area contributed by atoms with Crippen LogP contribution in [0.1, 0.15) is 59.9 Å². The number of nitrogens with zero attached hydrogens (tertiary/aromatic N) is 3. The Balaban J connectivity index is 0.00000143. The lowest BCUT2D eigenvalue weighted by atomic mass is 10.0. The lowest BCUT2D eigenvalue weighted by molar-refractivity contribution is 0.0714. The van der Waals surface area contributed by atoms with Gasteiger partial charge in [-0.3, -0.25) is 0 Å². The molecule has 0 saturated heterocycles. The molecule has 0 unspecified atom stereocenters. The molecule has 5 heteroatoms. The molecule has 0 radical (unpaired) electrons. The van der Waals surface area contributed by atoms with Gasteiger partial charge in [-0.25, -0.2) is 4.98 Å². The fraction of sp³-hybridized carbons (Fsp3) is 0.500. The number of pyridine rings is 1. The third-order valence-electron chi connectivity index (χ3n) is 3.81. The van der Waals surface area contributed by atoms with Gasteiger partial charge in [0.1, 0.15) is 17.2 Å². The van der Waals surface area contributed by atoms with E-state index in [1.54, 1.807) is 6.20 Å². The van der Waals surface area contributed by atoms with Gasteiger partial charge in [0, 0.05) is 44.6 Å². The molecule has 0 spiro atoms. The van der Waals surface area contributed by atoms with Crippen molar-refractivity contribution >= 4 is 5.69 Å². The van der Waals surface area contributed by atoms with E-state index in [1.807, 2.05) is 77.0 Å². The first kappa shape index (κ1) is 26.4. The molecule has 0 saturated carbocycles. The van der Waals surface area contributed by atoms with Crippen LogP contribution in [-0.2, 0) is 0 Å². The zero-order valence-corrected chi connectivity index (χ0v) is 19.3. The number of benzene rings is 1. The van der Waals surface area contributed by atoms with Crippen molar-refractivity contribution in [3.63, 3.8) is 0 Å². The van der Waals surface area contributed by atoms with E-state index >= 15 is 0 Å². The lowest BCUT2D eigenvalue weighted by Crippen LogP contribution is -2.30. The van der Waals surface area contributed by atoms with E-state index in [9.17, 15) is 5.26 Å². The van der Waals surface area contributed by atoms with Crippen molar-refractivity contribution < 1.29 is 9.84 Å². The molecule has 0 aliphatic heterocycles.